The zero-order valence-corrected chi connectivity index (χ0v) is 13.9. The third-order valence-corrected chi connectivity index (χ3v) is 5.91. The highest BCUT2D eigenvalue weighted by molar-refractivity contribution is 7.55. The van der Waals surface area contributed by atoms with Crippen molar-refractivity contribution in [2.75, 3.05) is 14.2 Å². The Kier molecular flexibility index (Phi) is 5.04. The van der Waals surface area contributed by atoms with E-state index in [1.807, 2.05) is 0 Å². The Morgan fingerprint density at radius 2 is 1.87 bits per heavy atom. The van der Waals surface area contributed by atoms with E-state index in [1.54, 1.807) is 30.5 Å². The molecule has 1 atom stereocenters. The molecule has 7 nitrogen and oxygen atoms in total. The number of nitrogens with zero attached hydrogens (tertiary/aromatic N) is 1. The van der Waals surface area contributed by atoms with Crippen LogP contribution in [0.3, 0.4) is 0 Å². The maximum atomic E-state index is 12.5. The lowest BCUT2D eigenvalue weighted by molar-refractivity contribution is -0.136. The van der Waals surface area contributed by atoms with Gasteiger partial charge >= 0.3 is 13.6 Å². The van der Waals surface area contributed by atoms with E-state index in [9.17, 15) is 19.3 Å². The summed E-state index contributed by atoms with van der Waals surface area (Å²) in [5.41, 5.74) is -0.0926. The van der Waals surface area contributed by atoms with Gasteiger partial charge in [-0.2, -0.15) is 0 Å². The third kappa shape index (κ3) is 3.22. The summed E-state index contributed by atoms with van der Waals surface area (Å²) in [5.74, 6) is -1.47. The number of carboxylic acids is 1. The minimum absolute atomic E-state index is 0.0743. The predicted octanol–water partition coefficient (Wildman–Crippen LogP) is 2.78. The van der Waals surface area contributed by atoms with Crippen molar-refractivity contribution in [3.63, 3.8) is 0 Å². The number of carbonyl (C=O) groups is 2. The van der Waals surface area contributed by atoms with Gasteiger partial charge in [-0.15, -0.1) is 0 Å². The Labute approximate surface area is 133 Å². The van der Waals surface area contributed by atoms with Crippen molar-refractivity contribution in [3.8, 4) is 0 Å². The molecule has 0 spiro atoms. The van der Waals surface area contributed by atoms with E-state index in [0.717, 1.165) is 19.6 Å². The monoisotopic (exact) mass is 339 g/mol. The largest absolute Gasteiger partial charge is 0.481 e. The SMILES string of the molecule is COP(=O)(OC)[C@@H](Cc1cn(C(C)=O)c2ccccc12)C(=O)O. The van der Waals surface area contributed by atoms with Crippen molar-refractivity contribution in [1.29, 1.82) is 0 Å². The number of fused-ring (bicyclic) bond motifs is 1. The molecule has 1 aromatic carbocycles. The first kappa shape index (κ1) is 17.4. The molecule has 1 N–H and O–H groups in total. The molecule has 0 aliphatic carbocycles. The number of benzene rings is 1. The summed E-state index contributed by atoms with van der Waals surface area (Å²) < 4.78 is 23.6. The Balaban J connectivity index is 2.54. The average molecular weight is 339 g/mol. The molecule has 2 aromatic rings. The Morgan fingerprint density at radius 1 is 1.26 bits per heavy atom. The van der Waals surface area contributed by atoms with E-state index in [2.05, 4.69) is 0 Å². The molecular formula is C15H18NO6P. The van der Waals surface area contributed by atoms with Gasteiger partial charge in [-0.05, 0) is 18.1 Å². The zero-order valence-electron chi connectivity index (χ0n) is 13.1. The summed E-state index contributed by atoms with van der Waals surface area (Å²) in [6.07, 6.45) is 1.49. The lowest BCUT2D eigenvalue weighted by Crippen LogP contribution is -2.24. The van der Waals surface area contributed by atoms with Crippen molar-refractivity contribution in [2.24, 2.45) is 0 Å². The van der Waals surface area contributed by atoms with Gasteiger partial charge in [-0.3, -0.25) is 18.7 Å². The van der Waals surface area contributed by atoms with E-state index in [0.29, 0.717) is 11.1 Å². The van der Waals surface area contributed by atoms with Crippen LogP contribution < -0.4 is 0 Å². The number of carboxylic acid groups (broad SMARTS) is 1. The third-order valence-electron chi connectivity index (χ3n) is 3.72. The molecule has 2 rings (SSSR count). The minimum atomic E-state index is -3.80. The molecule has 0 radical (unpaired) electrons. The first-order valence-corrected chi connectivity index (χ1v) is 8.49. The highest BCUT2D eigenvalue weighted by Gasteiger charge is 2.40. The molecule has 1 heterocycles. The molecule has 0 amide bonds. The molecule has 124 valence electrons. The lowest BCUT2D eigenvalue weighted by Gasteiger charge is -2.20. The number of para-hydroxylation sites is 1. The maximum Gasteiger partial charge on any atom is 0.344 e. The number of aliphatic carboxylic acids is 1. The fraction of sp³-hybridized carbons (Fsp3) is 0.333. The number of hydrogen-bond acceptors (Lipinski definition) is 5. The second-order valence-electron chi connectivity index (χ2n) is 5.02. The van der Waals surface area contributed by atoms with E-state index in [-0.39, 0.29) is 12.3 Å². The first-order chi connectivity index (χ1) is 10.8. The van der Waals surface area contributed by atoms with Crippen molar-refractivity contribution >= 4 is 30.4 Å². The van der Waals surface area contributed by atoms with Crippen molar-refractivity contribution in [1.82, 2.24) is 4.57 Å². The highest BCUT2D eigenvalue weighted by atomic mass is 31.2. The van der Waals surface area contributed by atoms with Gasteiger partial charge in [0.25, 0.3) is 0 Å². The predicted molar refractivity (Wildman–Crippen MR) is 85.0 cm³/mol. The average Bonchev–Trinajstić information content (AvgIpc) is 2.90. The Hall–Kier alpha value is -1.95. The molecule has 0 aliphatic heterocycles. The van der Waals surface area contributed by atoms with Crippen LogP contribution in [0.15, 0.2) is 30.5 Å². The summed E-state index contributed by atoms with van der Waals surface area (Å²) >= 11 is 0. The minimum Gasteiger partial charge on any atom is -0.481 e. The fourth-order valence-corrected chi connectivity index (χ4v) is 3.89. The summed E-state index contributed by atoms with van der Waals surface area (Å²) in [5, 5.41) is 10.1. The summed E-state index contributed by atoms with van der Waals surface area (Å²) in [6, 6.07) is 7.13. The molecule has 0 bridgehead atoms. The van der Waals surface area contributed by atoms with Crippen LogP contribution in [0, 0.1) is 0 Å². The second-order valence-corrected chi connectivity index (χ2v) is 7.46. The molecule has 1 aromatic heterocycles. The smallest absolute Gasteiger partial charge is 0.344 e. The van der Waals surface area contributed by atoms with Gasteiger partial charge in [0.1, 0.15) is 0 Å². The second kappa shape index (κ2) is 6.66. The van der Waals surface area contributed by atoms with Crippen molar-refractivity contribution < 1.29 is 28.3 Å². The Morgan fingerprint density at radius 3 is 2.39 bits per heavy atom. The molecule has 0 saturated heterocycles. The van der Waals surface area contributed by atoms with E-state index in [4.69, 9.17) is 9.05 Å². The summed E-state index contributed by atoms with van der Waals surface area (Å²) in [7, 11) is -1.50. The normalized spacial score (nSPS) is 13.2. The first-order valence-electron chi connectivity index (χ1n) is 6.88. The molecule has 8 heteroatoms. The molecule has 0 fully saturated rings. The van der Waals surface area contributed by atoms with Crippen LogP contribution in [-0.4, -0.2) is 41.4 Å². The summed E-state index contributed by atoms with van der Waals surface area (Å²) in [6.45, 7) is 1.42. The molecule has 0 unspecified atom stereocenters. The van der Waals surface area contributed by atoms with E-state index < -0.39 is 19.2 Å². The number of rotatable bonds is 6. The molecule has 23 heavy (non-hydrogen) atoms. The number of hydrogen-bond donors (Lipinski definition) is 1. The number of aromatic nitrogens is 1. The topological polar surface area (TPSA) is 94.8 Å². The Bertz CT molecular complexity index is 788. The lowest BCUT2D eigenvalue weighted by atomic mass is 10.1. The van der Waals surface area contributed by atoms with Crippen molar-refractivity contribution in [2.45, 2.75) is 19.0 Å². The van der Waals surface area contributed by atoms with E-state index in [1.165, 1.54) is 11.5 Å². The van der Waals surface area contributed by atoms with Crippen LogP contribution in [0.1, 0.15) is 17.3 Å². The maximum absolute atomic E-state index is 12.5. The quantitative estimate of drug-likeness (QED) is 0.813. The fourth-order valence-electron chi connectivity index (χ4n) is 2.55. The van der Waals surface area contributed by atoms with Crippen LogP contribution in [0.5, 0.6) is 0 Å². The number of carbonyl (C=O) groups excluding carboxylic acids is 1. The van der Waals surface area contributed by atoms with Crippen LogP contribution in [0.2, 0.25) is 0 Å². The van der Waals surface area contributed by atoms with Gasteiger partial charge in [-0.1, -0.05) is 18.2 Å². The standard InChI is InChI=1S/C15H18NO6P/c1-10(17)16-9-11(12-6-4-5-7-13(12)16)8-14(15(18)19)23(20,21-2)22-3/h4-7,9,14H,8H2,1-3H3,(H,18,19)/t14-/m0/s1. The van der Waals surface area contributed by atoms with Gasteiger partial charge in [0.2, 0.25) is 5.91 Å². The van der Waals surface area contributed by atoms with Gasteiger partial charge < -0.3 is 14.2 Å². The zero-order chi connectivity index (χ0) is 17.2. The van der Waals surface area contributed by atoms with Crippen LogP contribution in [0.25, 0.3) is 10.9 Å². The molecule has 0 aliphatic rings. The van der Waals surface area contributed by atoms with Crippen LogP contribution in [-0.2, 0) is 24.8 Å². The molecular weight excluding hydrogens is 321 g/mol. The van der Waals surface area contributed by atoms with E-state index >= 15 is 0 Å². The van der Waals surface area contributed by atoms with Gasteiger partial charge in [0.15, 0.2) is 5.66 Å². The molecule has 0 saturated carbocycles. The highest BCUT2D eigenvalue weighted by Crippen LogP contribution is 2.53. The van der Waals surface area contributed by atoms with Crippen molar-refractivity contribution in [3.05, 3.63) is 36.0 Å². The van der Waals surface area contributed by atoms with Gasteiger partial charge in [0.05, 0.1) is 5.52 Å². The van der Waals surface area contributed by atoms with Crippen LogP contribution >= 0.6 is 7.60 Å². The van der Waals surface area contributed by atoms with Crippen LogP contribution in [0.4, 0.5) is 0 Å². The summed E-state index contributed by atoms with van der Waals surface area (Å²) in [4.78, 5) is 23.3. The van der Waals surface area contributed by atoms with Gasteiger partial charge in [-0.25, -0.2) is 0 Å². The van der Waals surface area contributed by atoms with Gasteiger partial charge in [0, 0.05) is 32.7 Å².